The van der Waals surface area contributed by atoms with Crippen LogP contribution in [0.3, 0.4) is 0 Å². The number of anilines is 2. The van der Waals surface area contributed by atoms with Crippen LogP contribution >= 0.6 is 11.6 Å². The number of nitro groups is 1. The SMILES string of the molecule is CNC(=O)COCCOCCNC(=O)[C@H](NS(=O)(=O)c1ccc(N=Nc2ccc(N(C)C)cc2)cc1)C(C)C.CNC(=O)COCCOCCNC(=O)c1ccc(N2CCN(Cc3ccc(Cl)cc3)CC2)c([N+](=O)[O-])c1. The number of piperazine rings is 1. The first-order valence-electron chi connectivity index (χ1n) is 24.5. The third-order valence-electron chi connectivity index (χ3n) is 11.3. The minimum absolute atomic E-state index is 0.00956. The number of azo groups is 1. The first kappa shape index (κ1) is 61.9. The number of carbonyl (C=O) groups is 4. The fourth-order valence-electron chi connectivity index (χ4n) is 7.03. The highest BCUT2D eigenvalue weighted by Gasteiger charge is 2.29. The number of ether oxygens (including phenoxy) is 4. The van der Waals surface area contributed by atoms with Crippen LogP contribution in [0.25, 0.3) is 0 Å². The quantitative estimate of drug-likeness (QED) is 0.0218. The van der Waals surface area contributed by atoms with E-state index >= 15 is 0 Å². The van der Waals surface area contributed by atoms with Gasteiger partial charge in [-0.2, -0.15) is 15.0 Å². The Balaban J connectivity index is 0.000000329. The van der Waals surface area contributed by atoms with Crippen LogP contribution in [0.1, 0.15) is 29.8 Å². The van der Waals surface area contributed by atoms with E-state index in [1.807, 2.05) is 72.4 Å². The molecule has 23 nitrogen and oxygen atoms in total. The summed E-state index contributed by atoms with van der Waals surface area (Å²) in [5.41, 5.74) is 3.99. The van der Waals surface area contributed by atoms with Gasteiger partial charge in [0.25, 0.3) is 11.6 Å². The fourth-order valence-corrected chi connectivity index (χ4v) is 8.50. The maximum absolute atomic E-state index is 13.0. The largest absolute Gasteiger partial charge is 0.378 e. The molecule has 0 radical (unpaired) electrons. The number of nitrogens with zero attached hydrogens (tertiary/aromatic N) is 6. The van der Waals surface area contributed by atoms with Gasteiger partial charge in [-0.05, 0) is 84.3 Å². The molecule has 4 amide bonds. The van der Waals surface area contributed by atoms with Crippen LogP contribution in [0, 0.1) is 16.0 Å². The number of amides is 4. The second-order valence-corrected chi connectivity index (χ2v) is 19.7. The molecule has 5 rings (SSSR count). The van der Waals surface area contributed by atoms with Gasteiger partial charge in [0.15, 0.2) is 0 Å². The highest BCUT2D eigenvalue weighted by Crippen LogP contribution is 2.31. The molecule has 0 aliphatic carbocycles. The molecule has 0 saturated carbocycles. The topological polar surface area (TPSA) is 277 Å². The van der Waals surface area contributed by atoms with Crippen LogP contribution in [0.5, 0.6) is 0 Å². The van der Waals surface area contributed by atoms with Gasteiger partial charge in [0, 0.05) is 96.3 Å². The zero-order chi connectivity index (χ0) is 55.5. The number of carbonyl (C=O) groups excluding carboxylic acids is 4. The van der Waals surface area contributed by atoms with Gasteiger partial charge in [-0.25, -0.2) is 8.42 Å². The third-order valence-corrected chi connectivity index (χ3v) is 13.0. The lowest BCUT2D eigenvalue weighted by molar-refractivity contribution is -0.384. The van der Waals surface area contributed by atoms with Crippen LogP contribution in [-0.4, -0.2) is 168 Å². The van der Waals surface area contributed by atoms with E-state index in [1.165, 1.54) is 37.9 Å². The first-order chi connectivity index (χ1) is 36.4. The lowest BCUT2D eigenvalue weighted by Crippen LogP contribution is -2.50. The van der Waals surface area contributed by atoms with Crippen LogP contribution in [-0.2, 0) is 49.9 Å². The van der Waals surface area contributed by atoms with Gasteiger partial charge in [-0.1, -0.05) is 37.6 Å². The number of likely N-dealkylation sites (N-methyl/N-ethyl adjacent to an activating group) is 2. The number of rotatable bonds is 29. The molecule has 0 spiro atoms. The predicted octanol–water partition coefficient (Wildman–Crippen LogP) is 4.45. The molecule has 4 aromatic carbocycles. The summed E-state index contributed by atoms with van der Waals surface area (Å²) < 4.78 is 49.3. The summed E-state index contributed by atoms with van der Waals surface area (Å²) in [6, 6.07) is 24.8. The lowest BCUT2D eigenvalue weighted by atomic mass is 10.1. The van der Waals surface area contributed by atoms with Crippen LogP contribution in [0.4, 0.5) is 28.4 Å². The summed E-state index contributed by atoms with van der Waals surface area (Å²) in [4.78, 5) is 64.9. The van der Waals surface area contributed by atoms with Crippen LogP contribution in [0.15, 0.2) is 106 Å². The van der Waals surface area contributed by atoms with E-state index in [0.717, 1.165) is 25.3 Å². The zero-order valence-corrected chi connectivity index (χ0v) is 45.4. The Morgan fingerprint density at radius 2 is 1.25 bits per heavy atom. The van der Waals surface area contributed by atoms with Crippen molar-refractivity contribution in [3.63, 3.8) is 0 Å². The smallest absolute Gasteiger partial charge is 0.293 e. The second-order valence-electron chi connectivity index (χ2n) is 17.5. The summed E-state index contributed by atoms with van der Waals surface area (Å²) in [6.45, 7) is 8.92. The highest BCUT2D eigenvalue weighted by atomic mass is 35.5. The molecule has 0 bridgehead atoms. The number of hydrogen-bond donors (Lipinski definition) is 5. The first-order valence-corrected chi connectivity index (χ1v) is 26.4. The summed E-state index contributed by atoms with van der Waals surface area (Å²) in [5, 5.41) is 31.1. The van der Waals surface area contributed by atoms with Crippen molar-refractivity contribution < 1.29 is 51.5 Å². The summed E-state index contributed by atoms with van der Waals surface area (Å²) in [5.74, 6) is -1.62. The average molecular weight is 1100 g/mol. The molecule has 76 heavy (non-hydrogen) atoms. The Kier molecular flexibility index (Phi) is 26.7. The molecule has 5 N–H and O–H groups in total. The third kappa shape index (κ3) is 21.9. The van der Waals surface area contributed by atoms with Gasteiger partial charge in [0.05, 0.1) is 60.8 Å². The molecule has 1 aliphatic rings. The van der Waals surface area contributed by atoms with Crippen LogP contribution < -0.4 is 35.8 Å². The Labute approximate surface area is 449 Å². The number of nitrogens with one attached hydrogen (secondary N) is 5. The normalized spacial score (nSPS) is 13.1. The van der Waals surface area contributed by atoms with Gasteiger partial charge in [0.1, 0.15) is 24.9 Å². The van der Waals surface area contributed by atoms with E-state index in [9.17, 15) is 37.7 Å². The van der Waals surface area contributed by atoms with Gasteiger partial charge in [0.2, 0.25) is 27.7 Å². The van der Waals surface area contributed by atoms with Crippen molar-refractivity contribution >= 4 is 73.7 Å². The number of benzene rings is 4. The summed E-state index contributed by atoms with van der Waals surface area (Å²) >= 11 is 5.96. The van der Waals surface area contributed by atoms with Gasteiger partial charge in [-0.15, -0.1) is 0 Å². The molecule has 1 fully saturated rings. The maximum Gasteiger partial charge on any atom is 0.293 e. The van der Waals surface area contributed by atoms with Crippen LogP contribution in [0.2, 0.25) is 5.02 Å². The molecular weight excluding hydrogens is 1030 g/mol. The van der Waals surface area contributed by atoms with Gasteiger partial charge in [-0.3, -0.25) is 34.2 Å². The molecule has 414 valence electrons. The van der Waals surface area contributed by atoms with Crippen molar-refractivity contribution in [3.05, 3.63) is 117 Å². The van der Waals surface area contributed by atoms with Crippen molar-refractivity contribution in [1.29, 1.82) is 0 Å². The van der Waals surface area contributed by atoms with Crippen molar-refractivity contribution in [3.8, 4) is 0 Å². The monoisotopic (exact) mass is 1100 g/mol. The maximum atomic E-state index is 13.0. The molecule has 1 saturated heterocycles. The Morgan fingerprint density at radius 3 is 1.76 bits per heavy atom. The minimum atomic E-state index is -3.97. The Morgan fingerprint density at radius 1 is 0.724 bits per heavy atom. The number of sulfonamides is 1. The fraction of sp³-hybridized carbons (Fsp3) is 0.451. The van der Waals surface area contributed by atoms with Crippen molar-refractivity contribution in [2.45, 2.75) is 31.3 Å². The van der Waals surface area contributed by atoms with Crippen molar-refractivity contribution in [1.82, 2.24) is 30.9 Å². The lowest BCUT2D eigenvalue weighted by Gasteiger charge is -2.35. The number of halogens is 1. The summed E-state index contributed by atoms with van der Waals surface area (Å²) in [6.07, 6.45) is 0. The molecule has 4 aromatic rings. The number of nitro benzene ring substituents is 1. The van der Waals surface area contributed by atoms with Crippen molar-refractivity contribution in [2.75, 3.05) is 130 Å². The Hall–Kier alpha value is -6.64. The van der Waals surface area contributed by atoms with E-state index in [1.54, 1.807) is 38.1 Å². The second kappa shape index (κ2) is 32.7. The van der Waals surface area contributed by atoms with E-state index in [0.29, 0.717) is 35.2 Å². The molecule has 1 aliphatic heterocycles. The molecule has 0 aromatic heterocycles. The standard InChI is InChI=1S/C26H38N6O6S.C25H32ClN5O6/c1-19(2)25(26(34)28-14-15-37-16-17-38-18-24(33)27-3)31-39(35,36)23-12-8-21(9-13-23)30-29-20-6-10-22(11-7-20)32(4)5;1-27-24(32)18-37-15-14-36-13-8-28-25(33)20-4-7-22(23(16-20)31(34)35)30-11-9-29(10-12-30)17-19-2-5-21(26)6-3-19/h6-13,19,25,31H,14-18H2,1-5H3,(H,27,33)(H,28,34);2-7,16H,8-15,17-18H2,1H3,(H,27,32)(H,28,33)/t25-;/m1./s1. The van der Waals surface area contributed by atoms with E-state index in [-0.39, 0.29) is 99.8 Å². The Bertz CT molecular complexity index is 2600. The van der Waals surface area contributed by atoms with E-state index in [4.69, 9.17) is 30.5 Å². The molecule has 1 atom stereocenters. The molecule has 1 heterocycles. The van der Waals surface area contributed by atoms with Gasteiger partial charge >= 0.3 is 0 Å². The molecule has 0 unspecified atom stereocenters. The minimum Gasteiger partial charge on any atom is -0.378 e. The van der Waals surface area contributed by atoms with Crippen molar-refractivity contribution in [2.24, 2.45) is 16.1 Å². The molecule has 25 heteroatoms. The molecular formula is C51H70ClN11O12S. The zero-order valence-electron chi connectivity index (χ0n) is 43.8. The number of hydrogen-bond acceptors (Lipinski definition) is 17. The van der Waals surface area contributed by atoms with E-state index in [2.05, 4.69) is 41.1 Å². The van der Waals surface area contributed by atoms with E-state index < -0.39 is 32.8 Å². The average Bonchev–Trinajstić information content (AvgIpc) is 3.41. The van der Waals surface area contributed by atoms with Gasteiger partial charge < -0.3 is 50.0 Å². The summed E-state index contributed by atoms with van der Waals surface area (Å²) in [7, 11) is 2.98. The highest BCUT2D eigenvalue weighted by molar-refractivity contribution is 7.89. The predicted molar refractivity (Wildman–Crippen MR) is 289 cm³/mol.